The summed E-state index contributed by atoms with van der Waals surface area (Å²) in [7, 11) is 4.48. The van der Waals surface area contributed by atoms with Crippen molar-refractivity contribution in [3.8, 4) is 17.2 Å². The number of amides is 1. The monoisotopic (exact) mass is 461 g/mol. The van der Waals surface area contributed by atoms with E-state index in [1.807, 2.05) is 18.2 Å². The highest BCUT2D eigenvalue weighted by Gasteiger charge is 2.43. The normalized spacial score (nSPS) is 14.9. The molecule has 32 heavy (non-hydrogen) atoms. The van der Waals surface area contributed by atoms with Gasteiger partial charge in [-0.25, -0.2) is 0 Å². The van der Waals surface area contributed by atoms with E-state index < -0.39 is 23.9 Å². The number of carbonyl (C=O) groups is 2. The number of ether oxygens (including phenoxy) is 4. The molecule has 2 aromatic carbocycles. The van der Waals surface area contributed by atoms with Crippen LogP contribution in [0.25, 0.3) is 0 Å². The van der Waals surface area contributed by atoms with Crippen LogP contribution < -0.4 is 19.5 Å². The SMILES string of the molecule is COc1cc(NC(=O)COC(=O)C2(c3cccc(Cl)c3)CCCCC2)cc(OC)c1OC. The third kappa shape index (κ3) is 5.10. The Morgan fingerprint density at radius 2 is 1.62 bits per heavy atom. The summed E-state index contributed by atoms with van der Waals surface area (Å²) in [4.78, 5) is 25.7. The number of methoxy groups -OCH3 is 3. The Balaban J connectivity index is 1.71. The topological polar surface area (TPSA) is 83.1 Å². The van der Waals surface area contributed by atoms with Gasteiger partial charge in [0.1, 0.15) is 0 Å². The first kappa shape index (κ1) is 23.7. The molecule has 2 aromatic rings. The van der Waals surface area contributed by atoms with Crippen LogP contribution in [0, 0.1) is 0 Å². The van der Waals surface area contributed by atoms with Crippen molar-refractivity contribution in [1.82, 2.24) is 0 Å². The quantitative estimate of drug-likeness (QED) is 0.571. The third-order valence-electron chi connectivity index (χ3n) is 5.76. The van der Waals surface area contributed by atoms with Gasteiger partial charge in [0.05, 0.1) is 26.7 Å². The highest BCUT2D eigenvalue weighted by Crippen LogP contribution is 2.42. The molecule has 0 aliphatic heterocycles. The van der Waals surface area contributed by atoms with Crippen molar-refractivity contribution >= 4 is 29.2 Å². The van der Waals surface area contributed by atoms with Gasteiger partial charge in [0.2, 0.25) is 5.75 Å². The van der Waals surface area contributed by atoms with Crippen LogP contribution in [0.2, 0.25) is 5.02 Å². The van der Waals surface area contributed by atoms with Crippen molar-refractivity contribution in [2.75, 3.05) is 33.3 Å². The minimum Gasteiger partial charge on any atom is -0.493 e. The Kier molecular flexibility index (Phi) is 7.85. The summed E-state index contributed by atoms with van der Waals surface area (Å²) in [6.07, 6.45) is 4.23. The first-order valence-corrected chi connectivity index (χ1v) is 10.8. The van der Waals surface area contributed by atoms with Gasteiger partial charge in [0.25, 0.3) is 5.91 Å². The number of esters is 1. The second-order valence-electron chi connectivity index (χ2n) is 7.69. The molecule has 1 amide bonds. The second kappa shape index (κ2) is 10.6. The number of anilines is 1. The maximum absolute atomic E-state index is 13.2. The van der Waals surface area contributed by atoms with Gasteiger partial charge in [-0.2, -0.15) is 0 Å². The molecule has 0 atom stereocenters. The molecule has 0 bridgehead atoms. The molecular formula is C24H28ClNO6. The van der Waals surface area contributed by atoms with Gasteiger partial charge >= 0.3 is 5.97 Å². The van der Waals surface area contributed by atoms with Gasteiger partial charge in [-0.1, -0.05) is 43.0 Å². The third-order valence-corrected chi connectivity index (χ3v) is 5.99. The van der Waals surface area contributed by atoms with Crippen LogP contribution >= 0.6 is 11.6 Å². The van der Waals surface area contributed by atoms with E-state index >= 15 is 0 Å². The fourth-order valence-electron chi connectivity index (χ4n) is 4.17. The van der Waals surface area contributed by atoms with Crippen molar-refractivity contribution < 1.29 is 28.5 Å². The van der Waals surface area contributed by atoms with Crippen LogP contribution in [0.1, 0.15) is 37.7 Å². The molecule has 0 radical (unpaired) electrons. The summed E-state index contributed by atoms with van der Waals surface area (Å²) >= 11 is 6.17. The largest absolute Gasteiger partial charge is 0.493 e. The summed E-state index contributed by atoms with van der Waals surface area (Å²) in [5, 5.41) is 3.28. The minimum atomic E-state index is -0.782. The molecule has 0 spiro atoms. The number of nitrogens with one attached hydrogen (secondary N) is 1. The maximum atomic E-state index is 13.2. The van der Waals surface area contributed by atoms with Crippen molar-refractivity contribution in [2.45, 2.75) is 37.5 Å². The predicted octanol–water partition coefficient (Wildman–Crippen LogP) is 4.75. The van der Waals surface area contributed by atoms with Crippen LogP contribution in [-0.2, 0) is 19.7 Å². The molecule has 3 rings (SSSR count). The van der Waals surface area contributed by atoms with E-state index in [4.69, 9.17) is 30.5 Å². The van der Waals surface area contributed by atoms with Crippen LogP contribution in [0.15, 0.2) is 36.4 Å². The summed E-state index contributed by atoms with van der Waals surface area (Å²) < 4.78 is 21.4. The molecule has 0 saturated heterocycles. The van der Waals surface area contributed by atoms with E-state index in [0.717, 1.165) is 24.8 Å². The van der Waals surface area contributed by atoms with Crippen LogP contribution in [0.5, 0.6) is 17.2 Å². The standard InChI is InChI=1S/C24H28ClNO6/c1-29-19-13-18(14-20(30-2)22(19)31-3)26-21(27)15-32-23(28)24(10-5-4-6-11-24)16-8-7-9-17(25)12-16/h7-9,12-14H,4-6,10-11,15H2,1-3H3,(H,26,27). The average molecular weight is 462 g/mol. The number of halogens is 1. The van der Waals surface area contributed by atoms with Crippen molar-refractivity contribution in [2.24, 2.45) is 0 Å². The fourth-order valence-corrected chi connectivity index (χ4v) is 4.36. The Morgan fingerprint density at radius 1 is 0.969 bits per heavy atom. The number of hydrogen-bond acceptors (Lipinski definition) is 6. The van der Waals surface area contributed by atoms with E-state index in [1.165, 1.54) is 21.3 Å². The molecule has 1 N–H and O–H groups in total. The molecule has 0 heterocycles. The summed E-state index contributed by atoms with van der Waals surface area (Å²) in [6, 6.07) is 10.5. The minimum absolute atomic E-state index is 0.403. The van der Waals surface area contributed by atoms with Crippen LogP contribution in [0.3, 0.4) is 0 Å². The lowest BCUT2D eigenvalue weighted by Crippen LogP contribution is -2.40. The van der Waals surface area contributed by atoms with Gasteiger partial charge in [-0.15, -0.1) is 0 Å². The first-order chi connectivity index (χ1) is 15.4. The van der Waals surface area contributed by atoms with Crippen molar-refractivity contribution in [3.05, 3.63) is 47.0 Å². The van der Waals surface area contributed by atoms with Crippen molar-refractivity contribution in [1.29, 1.82) is 0 Å². The lowest BCUT2D eigenvalue weighted by Gasteiger charge is -2.35. The van der Waals surface area contributed by atoms with E-state index in [9.17, 15) is 9.59 Å². The average Bonchev–Trinajstić information content (AvgIpc) is 2.82. The molecular weight excluding hydrogens is 434 g/mol. The van der Waals surface area contributed by atoms with Gasteiger partial charge in [0, 0.05) is 22.8 Å². The predicted molar refractivity (Wildman–Crippen MR) is 122 cm³/mol. The van der Waals surface area contributed by atoms with E-state index in [-0.39, 0.29) is 0 Å². The number of rotatable bonds is 8. The lowest BCUT2D eigenvalue weighted by atomic mass is 9.69. The van der Waals surface area contributed by atoms with E-state index in [1.54, 1.807) is 18.2 Å². The molecule has 1 aliphatic rings. The molecule has 172 valence electrons. The molecule has 1 aliphatic carbocycles. The molecule has 0 aromatic heterocycles. The molecule has 1 fully saturated rings. The highest BCUT2D eigenvalue weighted by molar-refractivity contribution is 6.30. The number of carbonyl (C=O) groups excluding carboxylic acids is 2. The molecule has 8 heteroatoms. The van der Waals surface area contributed by atoms with Gasteiger partial charge < -0.3 is 24.3 Å². The van der Waals surface area contributed by atoms with Crippen molar-refractivity contribution in [3.63, 3.8) is 0 Å². The summed E-state index contributed by atoms with van der Waals surface area (Å²) in [5.41, 5.74) is 0.484. The molecule has 0 unspecified atom stereocenters. The fraction of sp³-hybridized carbons (Fsp3) is 0.417. The lowest BCUT2D eigenvalue weighted by molar-refractivity contribution is -0.154. The molecule has 1 saturated carbocycles. The molecule has 7 nitrogen and oxygen atoms in total. The Bertz CT molecular complexity index is 946. The Hall–Kier alpha value is -2.93. The van der Waals surface area contributed by atoms with Crippen LogP contribution in [0.4, 0.5) is 5.69 Å². The van der Waals surface area contributed by atoms with Crippen LogP contribution in [-0.4, -0.2) is 39.8 Å². The number of hydrogen-bond donors (Lipinski definition) is 1. The van der Waals surface area contributed by atoms with E-state index in [2.05, 4.69) is 5.32 Å². The number of benzene rings is 2. The zero-order valence-corrected chi connectivity index (χ0v) is 19.3. The van der Waals surface area contributed by atoms with Gasteiger partial charge in [0.15, 0.2) is 18.1 Å². The second-order valence-corrected chi connectivity index (χ2v) is 8.13. The Morgan fingerprint density at radius 3 is 2.19 bits per heavy atom. The summed E-state index contributed by atoms with van der Waals surface area (Å²) in [6.45, 7) is -0.405. The van der Waals surface area contributed by atoms with Gasteiger partial charge in [-0.05, 0) is 30.5 Å². The maximum Gasteiger partial charge on any atom is 0.317 e. The smallest absolute Gasteiger partial charge is 0.317 e. The zero-order chi connectivity index (χ0) is 23.1. The van der Waals surface area contributed by atoms with E-state index in [0.29, 0.717) is 40.8 Å². The summed E-state index contributed by atoms with van der Waals surface area (Å²) in [5.74, 6) is 0.354. The zero-order valence-electron chi connectivity index (χ0n) is 18.5. The Labute approximate surface area is 192 Å². The van der Waals surface area contributed by atoms with Gasteiger partial charge in [-0.3, -0.25) is 9.59 Å². The first-order valence-electron chi connectivity index (χ1n) is 10.5. The highest BCUT2D eigenvalue weighted by atomic mass is 35.5.